The molecule has 65 valence electrons. The van der Waals surface area contributed by atoms with Crippen molar-refractivity contribution in [3.63, 3.8) is 0 Å². The number of hydrogen-bond donors (Lipinski definition) is 0. The van der Waals surface area contributed by atoms with Crippen LogP contribution in [0.15, 0.2) is 24.3 Å². The molecule has 1 aromatic carbocycles. The Morgan fingerprint density at radius 3 is 2.54 bits per heavy atom. The fourth-order valence-corrected chi connectivity index (χ4v) is 1.21. The number of hydrogen-bond acceptors (Lipinski definition) is 2. The summed E-state index contributed by atoms with van der Waals surface area (Å²) in [5, 5.41) is 4.67. The third-order valence-corrected chi connectivity index (χ3v) is 1.99. The Bertz CT molecular complexity index is 405. The molecule has 0 aliphatic carbocycles. The predicted molar refractivity (Wildman–Crippen MR) is 49.9 cm³/mol. The smallest absolute Gasteiger partial charge is 0.217 e. The van der Waals surface area contributed by atoms with Crippen LogP contribution in [0.25, 0.3) is 5.69 Å². The summed E-state index contributed by atoms with van der Waals surface area (Å²) >= 11 is 5.76. The molecule has 0 amide bonds. The van der Waals surface area contributed by atoms with Crippen molar-refractivity contribution in [1.82, 2.24) is 14.8 Å². The molecule has 2 aromatic rings. The van der Waals surface area contributed by atoms with Gasteiger partial charge in [0.05, 0.1) is 5.69 Å². The van der Waals surface area contributed by atoms with Crippen molar-refractivity contribution in [2.24, 2.45) is 0 Å². The summed E-state index contributed by atoms with van der Waals surface area (Å²) in [7, 11) is 0. The average Bonchev–Trinajstić information content (AvgIpc) is 2.53. The van der Waals surface area contributed by atoms with E-state index in [1.54, 1.807) is 4.68 Å². The molecule has 4 heteroatoms. The van der Waals surface area contributed by atoms with Gasteiger partial charge in [-0.25, -0.2) is 9.67 Å². The van der Waals surface area contributed by atoms with Crippen molar-refractivity contribution in [3.8, 4) is 5.69 Å². The zero-order valence-electron chi connectivity index (χ0n) is 7.03. The van der Waals surface area contributed by atoms with Gasteiger partial charge in [-0.05, 0) is 31.2 Å². The van der Waals surface area contributed by atoms with Crippen LogP contribution in [0.5, 0.6) is 0 Å². The summed E-state index contributed by atoms with van der Waals surface area (Å²) < 4.78 is 1.70. The van der Waals surface area contributed by atoms with E-state index >= 15 is 0 Å². The first-order chi connectivity index (χ1) is 6.27. The topological polar surface area (TPSA) is 30.7 Å². The minimum absolute atomic E-state index is 0.713. The first-order valence-electron chi connectivity index (χ1n) is 3.83. The number of aromatic nitrogens is 3. The maximum atomic E-state index is 5.76. The maximum Gasteiger partial charge on any atom is 0.221 e. The predicted octanol–water partition coefficient (Wildman–Crippen LogP) is 2.03. The fraction of sp³-hybridized carbons (Fsp3) is 0.111. The number of nitrogens with zero attached hydrogens (tertiary/aromatic N) is 3. The van der Waals surface area contributed by atoms with Gasteiger partial charge in [0.2, 0.25) is 6.33 Å². The Balaban J connectivity index is 2.47. The molecule has 1 radical (unpaired) electrons. The molecule has 3 nitrogen and oxygen atoms in total. The summed E-state index contributed by atoms with van der Waals surface area (Å²) in [6.45, 7) is 1.87. The highest BCUT2D eigenvalue weighted by atomic mass is 35.5. The summed E-state index contributed by atoms with van der Waals surface area (Å²) in [4.78, 5) is 3.91. The van der Waals surface area contributed by atoms with Crippen LogP contribution >= 0.6 is 11.6 Å². The van der Waals surface area contributed by atoms with Gasteiger partial charge in [-0.15, -0.1) is 5.10 Å². The first kappa shape index (κ1) is 8.26. The number of halogens is 1. The SMILES string of the molecule is Cc1n[c]nn1-c1ccc(Cl)cc1. The summed E-state index contributed by atoms with van der Waals surface area (Å²) in [5.74, 6) is 0.808. The molecule has 0 unspecified atom stereocenters. The summed E-state index contributed by atoms with van der Waals surface area (Å²) in [6, 6.07) is 7.41. The Morgan fingerprint density at radius 1 is 1.31 bits per heavy atom. The second kappa shape index (κ2) is 3.18. The van der Waals surface area contributed by atoms with E-state index in [0.717, 1.165) is 11.5 Å². The van der Waals surface area contributed by atoms with Crippen molar-refractivity contribution < 1.29 is 0 Å². The zero-order valence-corrected chi connectivity index (χ0v) is 7.78. The van der Waals surface area contributed by atoms with E-state index in [4.69, 9.17) is 11.6 Å². The van der Waals surface area contributed by atoms with E-state index in [1.807, 2.05) is 31.2 Å². The number of aryl methyl sites for hydroxylation is 1. The van der Waals surface area contributed by atoms with Crippen LogP contribution < -0.4 is 0 Å². The van der Waals surface area contributed by atoms with E-state index in [9.17, 15) is 0 Å². The first-order valence-corrected chi connectivity index (χ1v) is 4.21. The van der Waals surface area contributed by atoms with E-state index in [2.05, 4.69) is 16.4 Å². The largest absolute Gasteiger partial charge is 0.221 e. The molecule has 2 rings (SSSR count). The van der Waals surface area contributed by atoms with Crippen LogP contribution in [-0.4, -0.2) is 14.8 Å². The Hall–Kier alpha value is -1.35. The van der Waals surface area contributed by atoms with Crippen LogP contribution in [0.1, 0.15) is 5.82 Å². The Kier molecular flexibility index (Phi) is 2.02. The zero-order chi connectivity index (χ0) is 9.26. The fourth-order valence-electron chi connectivity index (χ4n) is 1.09. The van der Waals surface area contributed by atoms with Crippen LogP contribution in [0, 0.1) is 13.3 Å². The van der Waals surface area contributed by atoms with E-state index < -0.39 is 0 Å². The highest BCUT2D eigenvalue weighted by Crippen LogP contribution is 2.12. The molecule has 0 aliphatic rings. The van der Waals surface area contributed by atoms with Gasteiger partial charge in [0.25, 0.3) is 0 Å². The second-order valence-corrected chi connectivity index (χ2v) is 3.08. The molecule has 0 fully saturated rings. The van der Waals surface area contributed by atoms with Crippen LogP contribution in [-0.2, 0) is 0 Å². The van der Waals surface area contributed by atoms with E-state index in [0.29, 0.717) is 5.02 Å². The lowest BCUT2D eigenvalue weighted by atomic mass is 10.3. The molecule has 0 saturated heterocycles. The van der Waals surface area contributed by atoms with Crippen LogP contribution in [0.3, 0.4) is 0 Å². The van der Waals surface area contributed by atoms with Crippen molar-refractivity contribution in [3.05, 3.63) is 41.4 Å². The molecule has 0 spiro atoms. The van der Waals surface area contributed by atoms with Gasteiger partial charge in [-0.1, -0.05) is 11.6 Å². The van der Waals surface area contributed by atoms with Gasteiger partial charge in [-0.3, -0.25) is 0 Å². The molecule has 0 N–H and O–H groups in total. The minimum Gasteiger partial charge on any atom is -0.217 e. The third-order valence-electron chi connectivity index (χ3n) is 1.73. The number of rotatable bonds is 1. The van der Waals surface area contributed by atoms with E-state index in [1.165, 1.54) is 0 Å². The maximum absolute atomic E-state index is 5.76. The molecular weight excluding hydrogens is 186 g/mol. The lowest BCUT2D eigenvalue weighted by Gasteiger charge is -2.01. The highest BCUT2D eigenvalue weighted by molar-refractivity contribution is 6.30. The summed E-state index contributed by atoms with van der Waals surface area (Å²) in [5.41, 5.74) is 0.940. The van der Waals surface area contributed by atoms with Crippen molar-refractivity contribution >= 4 is 11.6 Å². The average molecular weight is 193 g/mol. The quantitative estimate of drug-likeness (QED) is 0.692. The van der Waals surface area contributed by atoms with Crippen molar-refractivity contribution in [2.75, 3.05) is 0 Å². The van der Waals surface area contributed by atoms with E-state index in [-0.39, 0.29) is 0 Å². The van der Waals surface area contributed by atoms with Crippen molar-refractivity contribution in [2.45, 2.75) is 6.92 Å². The van der Waals surface area contributed by atoms with Crippen molar-refractivity contribution in [1.29, 1.82) is 0 Å². The molecule has 13 heavy (non-hydrogen) atoms. The molecule has 0 saturated carbocycles. The molecule has 0 bridgehead atoms. The van der Waals surface area contributed by atoms with Crippen LogP contribution in [0.2, 0.25) is 5.02 Å². The Labute approximate surface area is 81.0 Å². The minimum atomic E-state index is 0.713. The van der Waals surface area contributed by atoms with Gasteiger partial charge in [0.1, 0.15) is 5.82 Å². The molecular formula is C9H7ClN3. The normalized spacial score (nSPS) is 10.3. The monoisotopic (exact) mass is 192 g/mol. The van der Waals surface area contributed by atoms with Gasteiger partial charge in [0.15, 0.2) is 0 Å². The summed E-state index contributed by atoms with van der Waals surface area (Å²) in [6.07, 6.45) is 2.54. The lowest BCUT2D eigenvalue weighted by molar-refractivity contribution is 0.839. The molecule has 0 atom stereocenters. The van der Waals surface area contributed by atoms with Gasteiger partial charge >= 0.3 is 0 Å². The standard InChI is InChI=1S/C9H7ClN3/c1-7-11-6-12-13(7)9-4-2-8(10)3-5-9/h2-5H,1H3. The molecule has 0 aliphatic heterocycles. The van der Waals surface area contributed by atoms with Gasteiger partial charge < -0.3 is 0 Å². The molecule has 1 heterocycles. The lowest BCUT2D eigenvalue weighted by Crippen LogP contribution is -1.98. The highest BCUT2D eigenvalue weighted by Gasteiger charge is 2.00. The van der Waals surface area contributed by atoms with Gasteiger partial charge in [0, 0.05) is 5.02 Å². The third kappa shape index (κ3) is 1.55. The van der Waals surface area contributed by atoms with Crippen LogP contribution in [0.4, 0.5) is 0 Å². The second-order valence-electron chi connectivity index (χ2n) is 2.65. The van der Waals surface area contributed by atoms with Gasteiger partial charge in [-0.2, -0.15) is 0 Å². The Morgan fingerprint density at radius 2 is 2.00 bits per heavy atom. The molecule has 1 aromatic heterocycles. The number of benzene rings is 1.